The van der Waals surface area contributed by atoms with Crippen LogP contribution in [0.1, 0.15) is 284 Å². The Labute approximate surface area is 566 Å². The van der Waals surface area contributed by atoms with Crippen LogP contribution in [-0.4, -0.2) is 74.9 Å². The minimum atomic E-state index is -4.41. The molecule has 0 aliphatic heterocycles. The molecule has 0 aromatic heterocycles. The summed E-state index contributed by atoms with van der Waals surface area (Å²) < 4.78 is 34.7. The predicted molar refractivity (Wildman–Crippen MR) is 399 cm³/mol. The van der Waals surface area contributed by atoms with Gasteiger partial charge in [0.05, 0.1) is 27.7 Å². The highest BCUT2D eigenvalue weighted by Crippen LogP contribution is 2.43. The average Bonchev–Trinajstić information content (AvgIpc) is 2.34. The summed E-state index contributed by atoms with van der Waals surface area (Å²) in [4.78, 5) is 35.9. The van der Waals surface area contributed by atoms with Crippen molar-refractivity contribution < 1.29 is 42.1 Å². The van der Waals surface area contributed by atoms with Crippen molar-refractivity contribution in [2.75, 3.05) is 47.5 Å². The summed E-state index contributed by atoms with van der Waals surface area (Å²) in [5.74, 6) is -0.818. The quantitative estimate of drug-likeness (QED) is 0.0211. The van der Waals surface area contributed by atoms with E-state index in [0.717, 1.165) is 148 Å². The van der Waals surface area contributed by atoms with Crippen LogP contribution >= 0.6 is 7.82 Å². The Morgan fingerprint density at radius 3 is 0.870 bits per heavy atom. The van der Waals surface area contributed by atoms with E-state index in [1.807, 2.05) is 21.1 Å². The van der Waals surface area contributed by atoms with Crippen LogP contribution < -0.4 is 0 Å². The van der Waals surface area contributed by atoms with Gasteiger partial charge in [-0.1, -0.05) is 312 Å². The molecule has 0 bridgehead atoms. The first-order valence-electron chi connectivity index (χ1n) is 36.9. The number of rotatable bonds is 66. The number of carbonyl (C=O) groups is 2. The minimum absolute atomic E-state index is 0.0210. The van der Waals surface area contributed by atoms with E-state index in [0.29, 0.717) is 17.4 Å². The Balaban J connectivity index is 4.11. The molecule has 0 aromatic rings. The molecule has 0 amide bonds. The van der Waals surface area contributed by atoms with Gasteiger partial charge in [0.1, 0.15) is 19.8 Å². The lowest BCUT2D eigenvalue weighted by Crippen LogP contribution is -2.37. The molecule has 10 heteroatoms. The molecule has 2 unspecified atom stereocenters. The first-order valence-corrected chi connectivity index (χ1v) is 38.4. The number of ether oxygens (including phenoxy) is 2. The highest BCUT2D eigenvalue weighted by Gasteiger charge is 2.27. The molecule has 0 radical (unpaired) electrons. The molecule has 522 valence electrons. The number of carbonyl (C=O) groups excluding carboxylic acids is 2. The van der Waals surface area contributed by atoms with Crippen LogP contribution in [0.2, 0.25) is 0 Å². The first kappa shape index (κ1) is 87.4. The van der Waals surface area contributed by atoms with Gasteiger partial charge in [-0.25, -0.2) is 4.57 Å². The molecule has 0 aliphatic rings. The van der Waals surface area contributed by atoms with E-state index in [1.54, 1.807) is 0 Å². The van der Waals surface area contributed by atoms with Gasteiger partial charge in [0.15, 0.2) is 6.10 Å². The summed E-state index contributed by atoms with van der Waals surface area (Å²) in [6.07, 6.45) is 107. The summed E-state index contributed by atoms with van der Waals surface area (Å²) >= 11 is 0. The van der Waals surface area contributed by atoms with Gasteiger partial charge < -0.3 is 18.9 Å². The summed E-state index contributed by atoms with van der Waals surface area (Å²) in [5.41, 5.74) is 0. The molecular weight excluding hydrogens is 1160 g/mol. The fourth-order valence-electron chi connectivity index (χ4n) is 9.68. The van der Waals surface area contributed by atoms with E-state index < -0.39 is 26.5 Å². The van der Waals surface area contributed by atoms with Crippen molar-refractivity contribution in [1.29, 1.82) is 0 Å². The summed E-state index contributed by atoms with van der Waals surface area (Å²) in [5, 5.41) is 0. The molecule has 0 aromatic carbocycles. The van der Waals surface area contributed by atoms with Crippen LogP contribution in [0.5, 0.6) is 0 Å². The first-order chi connectivity index (χ1) is 45.0. The second kappa shape index (κ2) is 70.7. The molecule has 0 saturated heterocycles. The lowest BCUT2D eigenvalue weighted by molar-refractivity contribution is -0.870. The van der Waals surface area contributed by atoms with Crippen LogP contribution in [0.3, 0.4) is 0 Å². The van der Waals surface area contributed by atoms with Crippen molar-refractivity contribution in [3.63, 3.8) is 0 Å². The predicted octanol–water partition coefficient (Wildman–Crippen LogP) is 24.5. The Kier molecular flexibility index (Phi) is 67.1. The van der Waals surface area contributed by atoms with Gasteiger partial charge >= 0.3 is 19.8 Å². The van der Waals surface area contributed by atoms with Gasteiger partial charge in [-0.05, 0) is 128 Å². The van der Waals surface area contributed by atoms with Crippen molar-refractivity contribution in [2.24, 2.45) is 0 Å². The number of unbranched alkanes of at least 4 members (excludes halogenated alkanes) is 24. The van der Waals surface area contributed by atoms with Gasteiger partial charge in [-0.15, -0.1) is 0 Å². The Morgan fingerprint density at radius 2 is 0.587 bits per heavy atom. The second-order valence-corrected chi connectivity index (χ2v) is 26.7. The van der Waals surface area contributed by atoms with Crippen molar-refractivity contribution in [2.45, 2.75) is 290 Å². The summed E-state index contributed by atoms with van der Waals surface area (Å²) in [6.45, 7) is 4.19. The summed E-state index contributed by atoms with van der Waals surface area (Å²) in [6, 6.07) is 0. The monoisotopic (exact) mass is 1300 g/mol. The third kappa shape index (κ3) is 74.4. The average molecular weight is 1300 g/mol. The highest BCUT2D eigenvalue weighted by atomic mass is 31.2. The standard InChI is InChI=1S/C82H136NO8P/c1-6-8-10-12-14-16-18-20-22-24-26-28-30-32-34-36-38-39-40-41-42-43-45-47-49-51-53-55-57-59-61-63-65-67-69-71-73-75-82(85)91-80(79-90-92(86,87)89-77-76-83(3,4)5)78-88-81(84)74-72-70-68-66-64-62-60-58-56-54-52-50-48-46-44-37-35-33-31-29-27-25-23-21-19-17-15-13-11-9-7-2/h8-11,14-17,20-23,26-29,32,34,38-39,41-42,45,47,51,53,57,59,80H,6-7,12-13,18-19,24-25,30-31,33,35-37,40,43-44,46,48-50,52,54-56,58,60-79H2,1-5H3/p+1/b10-8-,11-9-,16-14-,17-15-,22-20-,23-21-,28-26-,29-27-,34-32-,39-38-,42-41-,47-45-,53-51-,59-57-. The fraction of sp³-hybridized carbons (Fsp3) is 0.634. The van der Waals surface area contributed by atoms with Crippen LogP contribution in [0, 0.1) is 0 Å². The number of esters is 2. The number of phosphoric ester groups is 1. The lowest BCUT2D eigenvalue weighted by atomic mass is 10.0. The molecule has 0 rings (SSSR count). The van der Waals surface area contributed by atoms with Gasteiger partial charge in [-0.3, -0.25) is 18.6 Å². The maximum Gasteiger partial charge on any atom is 0.472 e. The molecule has 0 saturated carbocycles. The Hall–Kier alpha value is -4.63. The van der Waals surface area contributed by atoms with Crippen LogP contribution in [-0.2, 0) is 32.7 Å². The van der Waals surface area contributed by atoms with E-state index in [4.69, 9.17) is 18.5 Å². The molecule has 0 aliphatic carbocycles. The maximum atomic E-state index is 12.9. The number of hydrogen-bond donors (Lipinski definition) is 1. The molecule has 9 nitrogen and oxygen atoms in total. The Morgan fingerprint density at radius 1 is 0.337 bits per heavy atom. The number of nitrogens with zero attached hydrogens (tertiary/aromatic N) is 1. The van der Waals surface area contributed by atoms with E-state index in [9.17, 15) is 19.0 Å². The molecular formula is C82H137NO8P+. The molecule has 1 N–H and O–H groups in total. The Bertz CT molecular complexity index is 2160. The number of phosphoric acid groups is 1. The van der Waals surface area contributed by atoms with Gasteiger partial charge in [0.2, 0.25) is 0 Å². The smallest absolute Gasteiger partial charge is 0.462 e. The van der Waals surface area contributed by atoms with Crippen LogP contribution in [0.15, 0.2) is 170 Å². The van der Waals surface area contributed by atoms with E-state index in [-0.39, 0.29) is 32.0 Å². The second-order valence-electron chi connectivity index (χ2n) is 25.2. The zero-order chi connectivity index (χ0) is 66.9. The van der Waals surface area contributed by atoms with E-state index in [1.165, 1.54) is 103 Å². The number of quaternary nitrogens is 1. The van der Waals surface area contributed by atoms with E-state index >= 15 is 0 Å². The van der Waals surface area contributed by atoms with E-state index in [2.05, 4.69) is 184 Å². The molecule has 0 fully saturated rings. The van der Waals surface area contributed by atoms with Crippen LogP contribution in [0.25, 0.3) is 0 Å². The van der Waals surface area contributed by atoms with Crippen molar-refractivity contribution in [3.8, 4) is 0 Å². The van der Waals surface area contributed by atoms with Gasteiger partial charge in [0, 0.05) is 12.8 Å². The SMILES string of the molecule is CC/C=C\C/C=C\C/C=C\C/C=C\C/C=C\C/C=C\C/C=C\C/C=C\C/C=C\C/C=C\CCCCCCCCC(=O)OC(COC(=O)CCCCCCCCCCCCCCCCCCCC/C=C\C/C=C\C/C=C\C/C=C\CC)COP(=O)(O)OCC[N+](C)(C)C. The highest BCUT2D eigenvalue weighted by molar-refractivity contribution is 7.47. The minimum Gasteiger partial charge on any atom is -0.462 e. The zero-order valence-electron chi connectivity index (χ0n) is 59.5. The van der Waals surface area contributed by atoms with Gasteiger partial charge in [-0.2, -0.15) is 0 Å². The normalized spacial score (nSPS) is 14.1. The van der Waals surface area contributed by atoms with Crippen LogP contribution in [0.4, 0.5) is 0 Å². The largest absolute Gasteiger partial charge is 0.472 e. The third-order valence-electron chi connectivity index (χ3n) is 15.2. The van der Waals surface area contributed by atoms with Crippen molar-refractivity contribution >= 4 is 19.8 Å². The molecule has 0 spiro atoms. The molecule has 92 heavy (non-hydrogen) atoms. The molecule has 2 atom stereocenters. The van der Waals surface area contributed by atoms with Crippen molar-refractivity contribution in [3.05, 3.63) is 170 Å². The number of hydrogen-bond acceptors (Lipinski definition) is 7. The zero-order valence-corrected chi connectivity index (χ0v) is 60.4. The maximum absolute atomic E-state index is 12.9. The van der Waals surface area contributed by atoms with Crippen molar-refractivity contribution in [1.82, 2.24) is 0 Å². The molecule has 0 heterocycles. The lowest BCUT2D eigenvalue weighted by Gasteiger charge is -2.24. The van der Waals surface area contributed by atoms with Gasteiger partial charge in [0.25, 0.3) is 0 Å². The topological polar surface area (TPSA) is 108 Å². The third-order valence-corrected chi connectivity index (χ3v) is 16.2. The number of likely N-dealkylation sites (N-methyl/N-ethyl adjacent to an activating group) is 1. The number of allylic oxidation sites excluding steroid dienone is 28. The summed E-state index contributed by atoms with van der Waals surface area (Å²) in [7, 11) is 1.45. The fourth-order valence-corrected chi connectivity index (χ4v) is 10.4.